The van der Waals surface area contributed by atoms with Crippen molar-refractivity contribution in [1.29, 1.82) is 0 Å². The number of anilines is 1. The first kappa shape index (κ1) is 10.7. The highest BCUT2D eigenvalue weighted by Crippen LogP contribution is 2.27. The molecule has 1 aromatic carbocycles. The van der Waals surface area contributed by atoms with E-state index in [1.165, 1.54) is 0 Å². The second-order valence-corrected chi connectivity index (χ2v) is 3.73. The van der Waals surface area contributed by atoms with Gasteiger partial charge in [0.25, 0.3) is 0 Å². The van der Waals surface area contributed by atoms with Gasteiger partial charge in [-0.25, -0.2) is 4.39 Å². The first-order valence-corrected chi connectivity index (χ1v) is 5.21. The molecule has 84 valence electrons. The summed E-state index contributed by atoms with van der Waals surface area (Å²) in [6.45, 7) is 4.44. The van der Waals surface area contributed by atoms with Crippen LogP contribution in [0.3, 0.4) is 0 Å². The number of hydrogen-bond acceptors (Lipinski definition) is 2. The van der Waals surface area contributed by atoms with E-state index in [-0.39, 0.29) is 5.82 Å². The number of halogens is 1. The molecule has 0 aliphatic rings. The lowest BCUT2D eigenvalue weighted by Crippen LogP contribution is -1.95. The van der Waals surface area contributed by atoms with E-state index < -0.39 is 0 Å². The summed E-state index contributed by atoms with van der Waals surface area (Å²) < 4.78 is 15.7. The molecule has 0 amide bonds. The SMILES string of the molecule is CCn1cc(-c2ccc(N)c(C)c2F)cn1. The van der Waals surface area contributed by atoms with Crippen molar-refractivity contribution in [3.05, 3.63) is 35.9 Å². The largest absolute Gasteiger partial charge is 0.398 e. The molecule has 0 aliphatic carbocycles. The van der Waals surface area contributed by atoms with E-state index in [0.717, 1.165) is 12.1 Å². The number of aryl methyl sites for hydroxylation is 1. The molecule has 0 radical (unpaired) electrons. The van der Waals surface area contributed by atoms with Crippen molar-refractivity contribution in [1.82, 2.24) is 9.78 Å². The Labute approximate surface area is 93.7 Å². The van der Waals surface area contributed by atoms with Gasteiger partial charge in [0.15, 0.2) is 0 Å². The van der Waals surface area contributed by atoms with Gasteiger partial charge in [-0.05, 0) is 26.0 Å². The first-order chi connectivity index (χ1) is 7.63. The molecule has 16 heavy (non-hydrogen) atoms. The Bertz CT molecular complexity index is 517. The zero-order valence-electron chi connectivity index (χ0n) is 9.37. The molecule has 1 aromatic heterocycles. The fourth-order valence-electron chi connectivity index (χ4n) is 1.60. The summed E-state index contributed by atoms with van der Waals surface area (Å²) in [5.41, 5.74) is 7.93. The molecule has 1 heterocycles. The van der Waals surface area contributed by atoms with Crippen LogP contribution in [0.1, 0.15) is 12.5 Å². The third kappa shape index (κ3) is 1.66. The lowest BCUT2D eigenvalue weighted by molar-refractivity contribution is 0.623. The molecular weight excluding hydrogens is 205 g/mol. The van der Waals surface area contributed by atoms with Crippen LogP contribution in [0.15, 0.2) is 24.5 Å². The van der Waals surface area contributed by atoms with Crippen LogP contribution >= 0.6 is 0 Å². The average Bonchev–Trinajstić information content (AvgIpc) is 2.74. The molecule has 0 fully saturated rings. The van der Waals surface area contributed by atoms with Gasteiger partial charge < -0.3 is 5.73 Å². The summed E-state index contributed by atoms with van der Waals surface area (Å²) >= 11 is 0. The summed E-state index contributed by atoms with van der Waals surface area (Å²) in [6, 6.07) is 3.41. The minimum absolute atomic E-state index is 0.268. The predicted octanol–water partition coefficient (Wildman–Crippen LogP) is 2.60. The normalized spacial score (nSPS) is 10.7. The van der Waals surface area contributed by atoms with Crippen molar-refractivity contribution in [2.24, 2.45) is 0 Å². The quantitative estimate of drug-likeness (QED) is 0.789. The van der Waals surface area contributed by atoms with Crippen molar-refractivity contribution >= 4 is 5.69 Å². The van der Waals surface area contributed by atoms with Gasteiger partial charge in [-0.1, -0.05) is 0 Å². The van der Waals surface area contributed by atoms with E-state index >= 15 is 0 Å². The number of nitrogen functional groups attached to an aromatic ring is 1. The Balaban J connectivity index is 2.52. The van der Waals surface area contributed by atoms with Crippen LogP contribution in [-0.2, 0) is 6.54 Å². The van der Waals surface area contributed by atoms with Crippen molar-refractivity contribution < 1.29 is 4.39 Å². The topological polar surface area (TPSA) is 43.8 Å². The Morgan fingerprint density at radius 2 is 2.19 bits per heavy atom. The summed E-state index contributed by atoms with van der Waals surface area (Å²) in [6.07, 6.45) is 3.49. The third-order valence-electron chi connectivity index (χ3n) is 2.70. The zero-order valence-corrected chi connectivity index (χ0v) is 9.37. The number of rotatable bonds is 2. The van der Waals surface area contributed by atoms with Gasteiger partial charge in [0.1, 0.15) is 5.82 Å². The van der Waals surface area contributed by atoms with E-state index in [4.69, 9.17) is 5.73 Å². The van der Waals surface area contributed by atoms with E-state index in [1.807, 2.05) is 13.1 Å². The number of benzene rings is 1. The highest BCUT2D eigenvalue weighted by Gasteiger charge is 2.11. The van der Waals surface area contributed by atoms with Crippen molar-refractivity contribution in [2.75, 3.05) is 5.73 Å². The second-order valence-electron chi connectivity index (χ2n) is 3.73. The van der Waals surface area contributed by atoms with Gasteiger partial charge in [0, 0.05) is 35.1 Å². The highest BCUT2D eigenvalue weighted by atomic mass is 19.1. The standard InChI is InChI=1S/C12H14FN3/c1-3-16-7-9(6-15-16)10-4-5-11(14)8(2)12(10)13/h4-7H,3,14H2,1-2H3. The van der Waals surface area contributed by atoms with Crippen molar-refractivity contribution in [2.45, 2.75) is 20.4 Å². The predicted molar refractivity (Wildman–Crippen MR) is 62.4 cm³/mol. The fraction of sp³-hybridized carbons (Fsp3) is 0.250. The molecule has 0 spiro atoms. The highest BCUT2D eigenvalue weighted by molar-refractivity contribution is 5.67. The monoisotopic (exact) mass is 219 g/mol. The van der Waals surface area contributed by atoms with E-state index in [9.17, 15) is 4.39 Å². The number of hydrogen-bond donors (Lipinski definition) is 1. The maximum Gasteiger partial charge on any atom is 0.136 e. The Morgan fingerprint density at radius 3 is 2.81 bits per heavy atom. The number of aromatic nitrogens is 2. The maximum absolute atomic E-state index is 13.9. The Kier molecular flexibility index (Phi) is 2.64. The van der Waals surface area contributed by atoms with Gasteiger partial charge in [-0.2, -0.15) is 5.10 Å². The minimum atomic E-state index is -0.268. The van der Waals surface area contributed by atoms with Crippen LogP contribution in [0.5, 0.6) is 0 Å². The molecular formula is C12H14FN3. The van der Waals surface area contributed by atoms with Gasteiger partial charge in [0.2, 0.25) is 0 Å². The molecule has 3 nitrogen and oxygen atoms in total. The Morgan fingerprint density at radius 1 is 1.44 bits per heavy atom. The molecule has 0 saturated heterocycles. The number of nitrogens with two attached hydrogens (primary N) is 1. The summed E-state index contributed by atoms with van der Waals surface area (Å²) in [5.74, 6) is -0.268. The van der Waals surface area contributed by atoms with Crippen molar-refractivity contribution in [3.63, 3.8) is 0 Å². The van der Waals surface area contributed by atoms with Crippen molar-refractivity contribution in [3.8, 4) is 11.1 Å². The lowest BCUT2D eigenvalue weighted by Gasteiger charge is -2.05. The van der Waals surface area contributed by atoms with Crippen LogP contribution in [-0.4, -0.2) is 9.78 Å². The molecule has 2 rings (SSSR count). The molecule has 0 atom stereocenters. The summed E-state index contributed by atoms with van der Waals surface area (Å²) in [5, 5.41) is 4.12. The van der Waals surface area contributed by atoms with Gasteiger partial charge in [-0.3, -0.25) is 4.68 Å². The van der Waals surface area contributed by atoms with Gasteiger partial charge >= 0.3 is 0 Å². The summed E-state index contributed by atoms with van der Waals surface area (Å²) in [7, 11) is 0. The molecule has 0 saturated carbocycles. The van der Waals surface area contributed by atoms with Crippen LogP contribution in [0.4, 0.5) is 10.1 Å². The maximum atomic E-state index is 13.9. The number of nitrogens with zero attached hydrogens (tertiary/aromatic N) is 2. The van der Waals surface area contributed by atoms with Gasteiger partial charge in [0.05, 0.1) is 6.20 Å². The summed E-state index contributed by atoms with van der Waals surface area (Å²) in [4.78, 5) is 0. The van der Waals surface area contributed by atoms with E-state index in [2.05, 4.69) is 5.10 Å². The van der Waals surface area contributed by atoms with Gasteiger partial charge in [-0.15, -0.1) is 0 Å². The molecule has 2 aromatic rings. The minimum Gasteiger partial charge on any atom is -0.398 e. The second kappa shape index (κ2) is 3.96. The van der Waals surface area contributed by atoms with E-state index in [1.54, 1.807) is 29.9 Å². The zero-order chi connectivity index (χ0) is 11.7. The third-order valence-corrected chi connectivity index (χ3v) is 2.70. The fourth-order valence-corrected chi connectivity index (χ4v) is 1.60. The lowest BCUT2D eigenvalue weighted by atomic mass is 10.0. The molecule has 0 aliphatic heterocycles. The Hall–Kier alpha value is -1.84. The average molecular weight is 219 g/mol. The molecule has 0 unspecified atom stereocenters. The first-order valence-electron chi connectivity index (χ1n) is 5.21. The molecule has 2 N–H and O–H groups in total. The van der Waals surface area contributed by atoms with Crippen LogP contribution in [0.2, 0.25) is 0 Å². The molecule has 4 heteroatoms. The van der Waals surface area contributed by atoms with Crippen LogP contribution in [0.25, 0.3) is 11.1 Å². The van der Waals surface area contributed by atoms with Crippen LogP contribution < -0.4 is 5.73 Å². The van der Waals surface area contributed by atoms with E-state index in [0.29, 0.717) is 16.8 Å². The molecule has 0 bridgehead atoms. The van der Waals surface area contributed by atoms with Crippen LogP contribution in [0, 0.1) is 12.7 Å². The smallest absolute Gasteiger partial charge is 0.136 e.